The Labute approximate surface area is 220 Å². The van der Waals surface area contributed by atoms with Crippen LogP contribution in [0.5, 0.6) is 0 Å². The number of hydrogen-bond acceptors (Lipinski definition) is 0. The Morgan fingerprint density at radius 2 is 0.629 bits per heavy atom. The first-order chi connectivity index (χ1) is 16.5. The van der Waals surface area contributed by atoms with E-state index in [-0.39, 0.29) is 0 Å². The van der Waals surface area contributed by atoms with Gasteiger partial charge >= 0.3 is 0 Å². The fourth-order valence-corrected chi connectivity index (χ4v) is 11.4. The molecule has 0 radical (unpaired) electrons. The van der Waals surface area contributed by atoms with E-state index in [0.717, 1.165) is 112 Å². The standard InChI is InChI=1S/C35H62/c1-12-27-23(8)32(27)18(3)14-29-25(10)34(29)20(5)16-31-26(11)35(31)19(4)15-30-24(9)33(30)17(2)13-28-21(6)22(28)7/h17-35H,12-16H2,1-11H3. The van der Waals surface area contributed by atoms with Gasteiger partial charge in [0.2, 0.25) is 0 Å². The van der Waals surface area contributed by atoms with E-state index >= 15 is 0 Å². The lowest BCUT2D eigenvalue weighted by atomic mass is 9.89. The fraction of sp³-hybridized carbons (Fsp3) is 1.00. The summed E-state index contributed by atoms with van der Waals surface area (Å²) in [4.78, 5) is 0. The van der Waals surface area contributed by atoms with Crippen molar-refractivity contribution in [3.63, 3.8) is 0 Å². The van der Waals surface area contributed by atoms with E-state index in [4.69, 9.17) is 0 Å². The molecule has 0 bridgehead atoms. The minimum absolute atomic E-state index is 0.959. The summed E-state index contributed by atoms with van der Waals surface area (Å²) in [6.07, 6.45) is 7.52. The van der Waals surface area contributed by atoms with E-state index < -0.39 is 0 Å². The largest absolute Gasteiger partial charge is 0.0651 e. The zero-order valence-corrected chi connectivity index (χ0v) is 25.5. The molecule has 0 saturated heterocycles. The zero-order valence-electron chi connectivity index (χ0n) is 25.5. The second kappa shape index (κ2) is 9.63. The molecule has 0 heteroatoms. The fourth-order valence-electron chi connectivity index (χ4n) is 11.4. The monoisotopic (exact) mass is 482 g/mol. The Morgan fingerprint density at radius 3 is 0.886 bits per heavy atom. The maximum atomic E-state index is 2.63. The van der Waals surface area contributed by atoms with Crippen LogP contribution in [-0.2, 0) is 0 Å². The number of rotatable bonds is 13. The molecule has 0 aliphatic heterocycles. The third-order valence-electron chi connectivity index (χ3n) is 14.3. The van der Waals surface area contributed by atoms with Gasteiger partial charge in [0.05, 0.1) is 0 Å². The molecule has 0 nitrogen and oxygen atoms in total. The molecule has 0 spiro atoms. The molecular formula is C35H62. The zero-order chi connectivity index (χ0) is 25.5. The van der Waals surface area contributed by atoms with Crippen molar-refractivity contribution in [3.05, 3.63) is 0 Å². The molecule has 0 aromatic rings. The van der Waals surface area contributed by atoms with Crippen LogP contribution in [0.15, 0.2) is 0 Å². The Bertz CT molecular complexity index is 730. The van der Waals surface area contributed by atoms with Crippen molar-refractivity contribution in [3.8, 4) is 0 Å². The van der Waals surface area contributed by atoms with E-state index in [1.807, 2.05) is 0 Å². The maximum Gasteiger partial charge on any atom is -0.0329 e. The molecule has 0 heterocycles. The maximum absolute atomic E-state index is 2.63. The average Bonchev–Trinajstić information content (AvgIpc) is 3.72. The Balaban J connectivity index is 1.04. The van der Waals surface area contributed by atoms with Gasteiger partial charge in [0.15, 0.2) is 0 Å². The second-order valence-electron chi connectivity index (χ2n) is 16.0. The van der Waals surface area contributed by atoms with Crippen LogP contribution in [0.3, 0.4) is 0 Å². The highest BCUT2D eigenvalue weighted by Crippen LogP contribution is 2.64. The quantitative estimate of drug-likeness (QED) is 0.245. The molecule has 5 aliphatic carbocycles. The molecule has 0 amide bonds. The lowest BCUT2D eigenvalue weighted by Crippen LogP contribution is -2.08. The van der Waals surface area contributed by atoms with Gasteiger partial charge in [-0.2, -0.15) is 0 Å². The van der Waals surface area contributed by atoms with E-state index in [9.17, 15) is 0 Å². The predicted octanol–water partition coefficient (Wildman–Crippen LogP) is 9.93. The summed E-state index contributed by atoms with van der Waals surface area (Å²) < 4.78 is 0. The van der Waals surface area contributed by atoms with Gasteiger partial charge in [0.25, 0.3) is 0 Å². The molecule has 5 rings (SSSR count). The van der Waals surface area contributed by atoms with Gasteiger partial charge in [-0.15, -0.1) is 0 Å². The van der Waals surface area contributed by atoms with Gasteiger partial charge < -0.3 is 0 Å². The lowest BCUT2D eigenvalue weighted by Gasteiger charge is -2.16. The van der Waals surface area contributed by atoms with Crippen molar-refractivity contribution in [2.24, 2.45) is 112 Å². The summed E-state index contributed by atoms with van der Waals surface area (Å²) in [5.41, 5.74) is 0. The summed E-state index contributed by atoms with van der Waals surface area (Å²) >= 11 is 0. The molecular weight excluding hydrogens is 420 g/mol. The molecule has 202 valence electrons. The molecule has 0 aromatic heterocycles. The minimum atomic E-state index is 0.959. The van der Waals surface area contributed by atoms with Crippen molar-refractivity contribution in [1.82, 2.24) is 0 Å². The Kier molecular flexibility index (Phi) is 7.32. The molecule has 5 saturated carbocycles. The summed E-state index contributed by atoms with van der Waals surface area (Å²) in [6.45, 7) is 28.1. The molecule has 5 aliphatic rings. The Morgan fingerprint density at radius 1 is 0.371 bits per heavy atom. The van der Waals surface area contributed by atoms with Gasteiger partial charge in [-0.3, -0.25) is 0 Å². The predicted molar refractivity (Wildman–Crippen MR) is 152 cm³/mol. The van der Waals surface area contributed by atoms with Crippen LogP contribution in [0, 0.1) is 112 Å². The van der Waals surface area contributed by atoms with E-state index in [1.54, 1.807) is 0 Å². The van der Waals surface area contributed by atoms with Crippen LogP contribution in [0.4, 0.5) is 0 Å². The van der Waals surface area contributed by atoms with Gasteiger partial charge in [-0.1, -0.05) is 82.6 Å². The average molecular weight is 483 g/mol. The van der Waals surface area contributed by atoms with Crippen LogP contribution < -0.4 is 0 Å². The highest BCUT2D eigenvalue weighted by Gasteiger charge is 2.58. The summed E-state index contributed by atoms with van der Waals surface area (Å²) in [7, 11) is 0. The molecule has 35 heavy (non-hydrogen) atoms. The molecule has 0 aromatic carbocycles. The third kappa shape index (κ3) is 4.93. The number of hydrogen-bond donors (Lipinski definition) is 0. The van der Waals surface area contributed by atoms with Gasteiger partial charge in [0.1, 0.15) is 0 Å². The lowest BCUT2D eigenvalue weighted by molar-refractivity contribution is 0.331. The molecule has 18 atom stereocenters. The van der Waals surface area contributed by atoms with Crippen LogP contribution in [0.25, 0.3) is 0 Å². The van der Waals surface area contributed by atoms with E-state index in [2.05, 4.69) is 76.2 Å². The smallest absolute Gasteiger partial charge is 0.0329 e. The van der Waals surface area contributed by atoms with E-state index in [0.29, 0.717) is 0 Å². The molecule has 5 fully saturated rings. The highest BCUT2D eigenvalue weighted by molar-refractivity contribution is 5.06. The normalized spacial score (nSPS) is 55.1. The van der Waals surface area contributed by atoms with Crippen molar-refractivity contribution in [2.45, 2.75) is 108 Å². The Hall–Kier alpha value is 0. The SMILES string of the molecule is CCC1C(C)C1C(C)CC1C(C)C1C(C)CC1C(C)C1C(C)CC1C(C)C1C(C)CC1C(C)C1C. The first-order valence-electron chi connectivity index (χ1n) is 16.5. The van der Waals surface area contributed by atoms with Gasteiger partial charge in [-0.25, -0.2) is 0 Å². The highest BCUT2D eigenvalue weighted by atomic mass is 14.6. The first kappa shape index (κ1) is 26.6. The van der Waals surface area contributed by atoms with Gasteiger partial charge in [0, 0.05) is 0 Å². The van der Waals surface area contributed by atoms with E-state index in [1.165, 1.54) is 32.1 Å². The third-order valence-corrected chi connectivity index (χ3v) is 14.3. The van der Waals surface area contributed by atoms with Crippen molar-refractivity contribution >= 4 is 0 Å². The van der Waals surface area contributed by atoms with Crippen molar-refractivity contribution in [1.29, 1.82) is 0 Å². The van der Waals surface area contributed by atoms with Crippen molar-refractivity contribution in [2.75, 3.05) is 0 Å². The topological polar surface area (TPSA) is 0 Å². The summed E-state index contributed by atoms with van der Waals surface area (Å²) in [6, 6.07) is 0. The van der Waals surface area contributed by atoms with Crippen LogP contribution in [-0.4, -0.2) is 0 Å². The van der Waals surface area contributed by atoms with Crippen LogP contribution >= 0.6 is 0 Å². The molecule has 18 unspecified atom stereocenters. The second-order valence-corrected chi connectivity index (χ2v) is 16.0. The van der Waals surface area contributed by atoms with Crippen LogP contribution in [0.2, 0.25) is 0 Å². The minimum Gasteiger partial charge on any atom is -0.0651 e. The van der Waals surface area contributed by atoms with Gasteiger partial charge in [-0.05, 0) is 138 Å². The van der Waals surface area contributed by atoms with Crippen LogP contribution in [0.1, 0.15) is 108 Å². The first-order valence-corrected chi connectivity index (χ1v) is 16.5. The van der Waals surface area contributed by atoms with Crippen molar-refractivity contribution < 1.29 is 0 Å². The molecule has 0 N–H and O–H groups in total. The summed E-state index contributed by atoms with van der Waals surface area (Å²) in [5.74, 6) is 19.2. The summed E-state index contributed by atoms with van der Waals surface area (Å²) in [5, 5.41) is 0.